The molecule has 0 radical (unpaired) electrons. The Hall–Kier alpha value is -2.80. The second-order valence-corrected chi connectivity index (χ2v) is 7.41. The Morgan fingerprint density at radius 2 is 1.79 bits per heavy atom. The van der Waals surface area contributed by atoms with Crippen molar-refractivity contribution in [2.24, 2.45) is 0 Å². The van der Waals surface area contributed by atoms with Crippen LogP contribution in [0.4, 0.5) is 0 Å². The molecule has 6 nitrogen and oxygen atoms in total. The minimum atomic E-state index is -0.298. The lowest BCUT2D eigenvalue weighted by atomic mass is 10.1. The third-order valence-electron chi connectivity index (χ3n) is 4.41. The molecule has 7 heteroatoms. The summed E-state index contributed by atoms with van der Waals surface area (Å²) < 4.78 is 12.6. The summed E-state index contributed by atoms with van der Waals surface area (Å²) in [5.74, 6) is 2.23. The van der Waals surface area contributed by atoms with E-state index in [1.807, 2.05) is 42.7 Å². The van der Waals surface area contributed by atoms with E-state index in [1.165, 1.54) is 11.8 Å². The van der Waals surface area contributed by atoms with Crippen LogP contribution in [0.15, 0.2) is 53.7 Å². The molecule has 0 amide bonds. The van der Waals surface area contributed by atoms with Gasteiger partial charge in [-0.1, -0.05) is 23.9 Å². The number of thioether (sulfide) groups is 1. The average molecular weight is 398 g/mol. The van der Waals surface area contributed by atoms with Crippen LogP contribution in [-0.2, 0) is 6.54 Å². The second kappa shape index (κ2) is 8.93. The highest BCUT2D eigenvalue weighted by Gasteiger charge is 2.22. The molecule has 0 aliphatic rings. The number of aromatic nitrogens is 3. The Kier molecular flexibility index (Phi) is 6.36. The fourth-order valence-corrected chi connectivity index (χ4v) is 3.88. The largest absolute Gasteiger partial charge is 0.497 e. The molecule has 0 saturated carbocycles. The molecule has 2 aromatic carbocycles. The molecule has 1 atom stereocenters. The van der Waals surface area contributed by atoms with Crippen molar-refractivity contribution in [1.82, 2.24) is 14.8 Å². The van der Waals surface area contributed by atoms with Gasteiger partial charge in [0.1, 0.15) is 11.5 Å². The summed E-state index contributed by atoms with van der Waals surface area (Å²) in [6.07, 6.45) is 0. The lowest BCUT2D eigenvalue weighted by molar-refractivity contribution is 0.0994. The predicted molar refractivity (Wildman–Crippen MR) is 110 cm³/mol. The summed E-state index contributed by atoms with van der Waals surface area (Å²) in [7, 11) is 3.24. The maximum atomic E-state index is 12.8. The van der Waals surface area contributed by atoms with Crippen molar-refractivity contribution in [3.63, 3.8) is 0 Å². The van der Waals surface area contributed by atoms with Crippen LogP contribution in [0.5, 0.6) is 11.5 Å². The van der Waals surface area contributed by atoms with E-state index in [0.29, 0.717) is 17.3 Å². The molecular formula is C21H23N3O3S. The van der Waals surface area contributed by atoms with Gasteiger partial charge in [0.05, 0.1) is 25.0 Å². The van der Waals surface area contributed by atoms with Gasteiger partial charge >= 0.3 is 0 Å². The molecule has 0 aliphatic carbocycles. The van der Waals surface area contributed by atoms with Crippen LogP contribution in [0.25, 0.3) is 11.4 Å². The van der Waals surface area contributed by atoms with Crippen LogP contribution in [0.1, 0.15) is 24.2 Å². The highest BCUT2D eigenvalue weighted by atomic mass is 32.2. The van der Waals surface area contributed by atoms with Crippen LogP contribution in [0, 0.1) is 0 Å². The van der Waals surface area contributed by atoms with Gasteiger partial charge in [-0.2, -0.15) is 0 Å². The topological polar surface area (TPSA) is 66.2 Å². The van der Waals surface area contributed by atoms with Gasteiger partial charge < -0.3 is 14.0 Å². The first-order valence-electron chi connectivity index (χ1n) is 9.00. The first-order valence-corrected chi connectivity index (χ1v) is 9.88. The Morgan fingerprint density at radius 1 is 1.07 bits per heavy atom. The Morgan fingerprint density at radius 3 is 2.43 bits per heavy atom. The summed E-state index contributed by atoms with van der Waals surface area (Å²) >= 11 is 1.40. The molecule has 0 saturated heterocycles. The third-order valence-corrected chi connectivity index (χ3v) is 5.49. The SMILES string of the molecule is CCn1c(SC(C)C(=O)c2ccc(OC)cc2)nnc1-c1ccccc1OC. The highest BCUT2D eigenvalue weighted by Crippen LogP contribution is 2.32. The van der Waals surface area contributed by atoms with Gasteiger partial charge in [0.25, 0.3) is 0 Å². The number of para-hydroxylation sites is 1. The van der Waals surface area contributed by atoms with Gasteiger partial charge in [-0.25, -0.2) is 0 Å². The zero-order chi connectivity index (χ0) is 20.1. The molecule has 1 heterocycles. The fourth-order valence-electron chi connectivity index (χ4n) is 2.89. The van der Waals surface area contributed by atoms with E-state index in [-0.39, 0.29) is 11.0 Å². The van der Waals surface area contributed by atoms with E-state index in [4.69, 9.17) is 9.47 Å². The number of Topliss-reactive ketones (excluding diaryl/α,β-unsaturated/α-hetero) is 1. The normalized spacial score (nSPS) is 11.9. The molecule has 3 aromatic rings. The number of benzene rings is 2. The molecule has 1 unspecified atom stereocenters. The van der Waals surface area contributed by atoms with Gasteiger partial charge in [-0.3, -0.25) is 4.79 Å². The Labute approximate surface area is 168 Å². The summed E-state index contributed by atoms with van der Waals surface area (Å²) in [4.78, 5) is 12.8. The third kappa shape index (κ3) is 4.04. The van der Waals surface area contributed by atoms with Crippen molar-refractivity contribution in [2.45, 2.75) is 30.8 Å². The lowest BCUT2D eigenvalue weighted by Crippen LogP contribution is -2.14. The zero-order valence-corrected chi connectivity index (χ0v) is 17.2. The Balaban J connectivity index is 1.84. The number of ketones is 1. The number of ether oxygens (including phenoxy) is 2. The number of hydrogen-bond acceptors (Lipinski definition) is 6. The molecule has 0 fully saturated rings. The van der Waals surface area contributed by atoms with Crippen LogP contribution >= 0.6 is 11.8 Å². The van der Waals surface area contributed by atoms with Crippen molar-refractivity contribution in [3.8, 4) is 22.9 Å². The molecule has 0 bridgehead atoms. The number of nitrogens with zero attached hydrogens (tertiary/aromatic N) is 3. The first-order chi connectivity index (χ1) is 13.6. The van der Waals surface area contributed by atoms with Gasteiger partial charge in [0.2, 0.25) is 0 Å². The maximum Gasteiger partial charge on any atom is 0.192 e. The summed E-state index contributed by atoms with van der Waals surface area (Å²) in [5.41, 5.74) is 1.52. The van der Waals surface area contributed by atoms with Crippen LogP contribution < -0.4 is 9.47 Å². The number of rotatable bonds is 8. The second-order valence-electron chi connectivity index (χ2n) is 6.10. The monoisotopic (exact) mass is 397 g/mol. The average Bonchev–Trinajstić information content (AvgIpc) is 3.15. The molecule has 1 aromatic heterocycles. The van der Waals surface area contributed by atoms with Gasteiger partial charge in [0, 0.05) is 12.1 Å². The molecule has 0 aliphatic heterocycles. The smallest absolute Gasteiger partial charge is 0.192 e. The molecule has 0 N–H and O–H groups in total. The quantitative estimate of drug-likeness (QED) is 0.416. The van der Waals surface area contributed by atoms with E-state index < -0.39 is 0 Å². The minimum absolute atomic E-state index is 0.0390. The van der Waals surface area contributed by atoms with Crippen LogP contribution in [0.3, 0.4) is 0 Å². The van der Waals surface area contributed by atoms with Crippen molar-refractivity contribution < 1.29 is 14.3 Å². The standard InChI is InChI=1S/C21H23N3O3S/c1-5-24-20(17-8-6-7-9-18(17)27-4)22-23-21(24)28-14(2)19(25)15-10-12-16(26-3)13-11-15/h6-14H,5H2,1-4H3. The van der Waals surface area contributed by atoms with Gasteiger partial charge in [-0.15, -0.1) is 10.2 Å². The predicted octanol–water partition coefficient (Wildman–Crippen LogP) is 4.35. The Bertz CT molecular complexity index is 954. The number of methoxy groups -OCH3 is 2. The van der Waals surface area contributed by atoms with Crippen molar-refractivity contribution >= 4 is 17.5 Å². The van der Waals surface area contributed by atoms with Crippen molar-refractivity contribution in [2.75, 3.05) is 14.2 Å². The van der Waals surface area contributed by atoms with E-state index in [9.17, 15) is 4.79 Å². The minimum Gasteiger partial charge on any atom is -0.497 e. The summed E-state index contributed by atoms with van der Waals surface area (Å²) in [6, 6.07) is 14.8. The van der Waals surface area contributed by atoms with Crippen LogP contribution in [0.2, 0.25) is 0 Å². The van der Waals surface area contributed by atoms with E-state index in [2.05, 4.69) is 10.2 Å². The van der Waals surface area contributed by atoms with Crippen LogP contribution in [-0.4, -0.2) is 40.0 Å². The molecule has 146 valence electrons. The lowest BCUT2D eigenvalue weighted by Gasteiger charge is -2.13. The number of carbonyl (C=O) groups is 1. The van der Waals surface area contributed by atoms with Gasteiger partial charge in [0.15, 0.2) is 16.8 Å². The molecule has 28 heavy (non-hydrogen) atoms. The van der Waals surface area contributed by atoms with Gasteiger partial charge in [-0.05, 0) is 50.2 Å². The van der Waals surface area contributed by atoms with Crippen molar-refractivity contribution in [3.05, 3.63) is 54.1 Å². The maximum absolute atomic E-state index is 12.8. The first kappa shape index (κ1) is 19.9. The summed E-state index contributed by atoms with van der Waals surface area (Å²) in [6.45, 7) is 4.60. The molecular weight excluding hydrogens is 374 g/mol. The van der Waals surface area contributed by atoms with E-state index in [0.717, 1.165) is 22.9 Å². The molecule has 0 spiro atoms. The number of hydrogen-bond donors (Lipinski definition) is 0. The highest BCUT2D eigenvalue weighted by molar-refractivity contribution is 8.00. The van der Waals surface area contributed by atoms with E-state index >= 15 is 0 Å². The summed E-state index contributed by atoms with van der Waals surface area (Å²) in [5, 5.41) is 9.10. The zero-order valence-electron chi connectivity index (χ0n) is 16.4. The van der Waals surface area contributed by atoms with E-state index in [1.54, 1.807) is 38.5 Å². The fraction of sp³-hybridized carbons (Fsp3) is 0.286. The molecule has 3 rings (SSSR count). The van der Waals surface area contributed by atoms with Crippen molar-refractivity contribution in [1.29, 1.82) is 0 Å². The number of carbonyl (C=O) groups excluding carboxylic acids is 1.